The van der Waals surface area contributed by atoms with Crippen LogP contribution in [0, 0.1) is 10.5 Å². The molecule has 0 spiro atoms. The molecule has 0 aliphatic rings. The summed E-state index contributed by atoms with van der Waals surface area (Å²) in [6.45, 7) is 1.98. The second-order valence-electron chi connectivity index (χ2n) is 3.83. The standard InChI is InChI=1S/C13H11IN2O2S/c1-8-4-5-19-12(8)7-15-16-13(18)9-2-3-10(14)11(17)6-9/h2-7,17H,1H3,(H,16,18)/b15-7-. The van der Waals surface area contributed by atoms with Crippen LogP contribution >= 0.6 is 33.9 Å². The zero-order chi connectivity index (χ0) is 13.8. The predicted molar refractivity (Wildman–Crippen MR) is 84.9 cm³/mol. The minimum absolute atomic E-state index is 0.0892. The number of aromatic hydroxyl groups is 1. The van der Waals surface area contributed by atoms with Crippen LogP contribution in [0.5, 0.6) is 5.75 Å². The second kappa shape index (κ2) is 6.16. The Kier molecular flexibility index (Phi) is 4.54. The minimum atomic E-state index is -0.350. The Morgan fingerprint density at radius 3 is 2.89 bits per heavy atom. The van der Waals surface area contributed by atoms with Gasteiger partial charge in [0, 0.05) is 10.4 Å². The van der Waals surface area contributed by atoms with Gasteiger partial charge < -0.3 is 5.11 Å². The van der Waals surface area contributed by atoms with Crippen molar-refractivity contribution in [3.63, 3.8) is 0 Å². The number of phenols is 1. The van der Waals surface area contributed by atoms with Crippen LogP contribution in [-0.2, 0) is 0 Å². The lowest BCUT2D eigenvalue weighted by atomic mass is 10.2. The fraction of sp³-hybridized carbons (Fsp3) is 0.0769. The lowest BCUT2D eigenvalue weighted by Crippen LogP contribution is -2.17. The summed E-state index contributed by atoms with van der Waals surface area (Å²) >= 11 is 3.55. The van der Waals surface area contributed by atoms with E-state index in [1.54, 1.807) is 29.7 Å². The van der Waals surface area contributed by atoms with E-state index in [2.05, 4.69) is 10.5 Å². The lowest BCUT2D eigenvalue weighted by molar-refractivity contribution is 0.0954. The molecular weight excluding hydrogens is 375 g/mol. The first kappa shape index (κ1) is 14.0. The van der Waals surface area contributed by atoms with E-state index in [4.69, 9.17) is 0 Å². The van der Waals surface area contributed by atoms with E-state index in [0.29, 0.717) is 9.13 Å². The van der Waals surface area contributed by atoms with Crippen molar-refractivity contribution in [3.05, 3.63) is 49.2 Å². The number of carbonyl (C=O) groups is 1. The number of hydrogen-bond donors (Lipinski definition) is 2. The van der Waals surface area contributed by atoms with E-state index < -0.39 is 0 Å². The molecule has 0 bridgehead atoms. The highest BCUT2D eigenvalue weighted by molar-refractivity contribution is 14.1. The average Bonchev–Trinajstić information content (AvgIpc) is 2.78. The predicted octanol–water partition coefficient (Wildman–Crippen LogP) is 3.13. The molecule has 0 aliphatic heterocycles. The third-order valence-corrected chi connectivity index (χ3v) is 4.32. The van der Waals surface area contributed by atoms with Crippen LogP contribution in [0.4, 0.5) is 0 Å². The number of nitrogens with one attached hydrogen (secondary N) is 1. The van der Waals surface area contributed by atoms with Gasteiger partial charge in [-0.3, -0.25) is 4.79 Å². The van der Waals surface area contributed by atoms with Crippen molar-refractivity contribution in [2.75, 3.05) is 0 Å². The summed E-state index contributed by atoms with van der Waals surface area (Å²) in [6, 6.07) is 6.73. The molecule has 2 aromatic rings. The average molecular weight is 386 g/mol. The molecule has 0 aliphatic carbocycles. The van der Waals surface area contributed by atoms with E-state index in [0.717, 1.165) is 10.4 Å². The summed E-state index contributed by atoms with van der Waals surface area (Å²) in [4.78, 5) is 12.8. The molecule has 0 unspecified atom stereocenters. The van der Waals surface area contributed by atoms with Gasteiger partial charge in [0.25, 0.3) is 5.91 Å². The second-order valence-corrected chi connectivity index (χ2v) is 5.94. The number of halogens is 1. The maximum absolute atomic E-state index is 11.8. The van der Waals surface area contributed by atoms with Crippen LogP contribution in [0.1, 0.15) is 20.8 Å². The molecule has 0 atom stereocenters. The molecule has 4 nitrogen and oxygen atoms in total. The normalized spacial score (nSPS) is 10.8. The summed E-state index contributed by atoms with van der Waals surface area (Å²) in [5.74, 6) is -0.261. The van der Waals surface area contributed by atoms with Gasteiger partial charge in [0.2, 0.25) is 0 Å². The third kappa shape index (κ3) is 3.54. The first-order valence-corrected chi connectivity index (χ1v) is 7.40. The van der Waals surface area contributed by atoms with Crippen LogP contribution in [0.15, 0.2) is 34.7 Å². The first-order valence-electron chi connectivity index (χ1n) is 5.44. The van der Waals surface area contributed by atoms with Gasteiger partial charge in [0.05, 0.1) is 9.78 Å². The topological polar surface area (TPSA) is 61.7 Å². The first-order chi connectivity index (χ1) is 9.08. The Labute approximate surface area is 128 Å². The summed E-state index contributed by atoms with van der Waals surface area (Å²) in [7, 11) is 0. The number of amides is 1. The Hall–Kier alpha value is -1.41. The number of aryl methyl sites for hydroxylation is 1. The molecule has 6 heteroatoms. The molecule has 2 N–H and O–H groups in total. The van der Waals surface area contributed by atoms with Crippen molar-refractivity contribution in [1.82, 2.24) is 5.43 Å². The van der Waals surface area contributed by atoms with E-state index in [-0.39, 0.29) is 11.7 Å². The lowest BCUT2D eigenvalue weighted by Gasteiger charge is -2.01. The van der Waals surface area contributed by atoms with Crippen molar-refractivity contribution in [2.24, 2.45) is 5.10 Å². The molecule has 98 valence electrons. The zero-order valence-corrected chi connectivity index (χ0v) is 13.0. The molecule has 2 rings (SSSR count). The van der Waals surface area contributed by atoms with Gasteiger partial charge >= 0.3 is 0 Å². The molecule has 1 amide bonds. The minimum Gasteiger partial charge on any atom is -0.507 e. The van der Waals surface area contributed by atoms with Crippen LogP contribution in [0.25, 0.3) is 0 Å². The molecule has 1 heterocycles. The molecule has 0 saturated heterocycles. The van der Waals surface area contributed by atoms with Crippen molar-refractivity contribution in [1.29, 1.82) is 0 Å². The molecule has 1 aromatic heterocycles. The van der Waals surface area contributed by atoms with Crippen LogP contribution < -0.4 is 5.43 Å². The van der Waals surface area contributed by atoms with Crippen molar-refractivity contribution in [3.8, 4) is 5.75 Å². The number of benzene rings is 1. The Morgan fingerprint density at radius 2 is 2.26 bits per heavy atom. The number of carbonyl (C=O) groups excluding carboxylic acids is 1. The van der Waals surface area contributed by atoms with Crippen LogP contribution in [0.3, 0.4) is 0 Å². The summed E-state index contributed by atoms with van der Waals surface area (Å²) in [5.41, 5.74) is 3.93. The smallest absolute Gasteiger partial charge is 0.271 e. The van der Waals surface area contributed by atoms with Crippen LogP contribution in [0.2, 0.25) is 0 Å². The van der Waals surface area contributed by atoms with E-state index in [1.807, 2.05) is 41.0 Å². The van der Waals surface area contributed by atoms with E-state index in [1.165, 1.54) is 6.07 Å². The number of hydrogen-bond acceptors (Lipinski definition) is 4. The number of thiophene rings is 1. The number of nitrogens with zero attached hydrogens (tertiary/aromatic N) is 1. The quantitative estimate of drug-likeness (QED) is 0.484. The van der Waals surface area contributed by atoms with Gasteiger partial charge in [0.15, 0.2) is 0 Å². The maximum atomic E-state index is 11.8. The third-order valence-electron chi connectivity index (χ3n) is 2.46. The number of rotatable bonds is 3. The zero-order valence-electron chi connectivity index (χ0n) is 10.1. The van der Waals surface area contributed by atoms with Crippen molar-refractivity contribution >= 4 is 46.0 Å². The van der Waals surface area contributed by atoms with Gasteiger partial charge in [-0.05, 0) is 64.7 Å². The van der Waals surface area contributed by atoms with Crippen LogP contribution in [-0.4, -0.2) is 17.2 Å². The highest BCUT2D eigenvalue weighted by atomic mass is 127. The molecule has 0 radical (unpaired) electrons. The SMILES string of the molecule is Cc1ccsc1/C=N\NC(=O)c1ccc(I)c(O)c1. The number of hydrazone groups is 1. The Balaban J connectivity index is 2.03. The molecular formula is C13H11IN2O2S. The molecule has 0 saturated carbocycles. The molecule has 19 heavy (non-hydrogen) atoms. The van der Waals surface area contributed by atoms with Gasteiger partial charge in [0.1, 0.15) is 5.75 Å². The fourth-order valence-electron chi connectivity index (χ4n) is 1.38. The highest BCUT2D eigenvalue weighted by Crippen LogP contribution is 2.20. The highest BCUT2D eigenvalue weighted by Gasteiger charge is 2.07. The van der Waals surface area contributed by atoms with E-state index in [9.17, 15) is 9.90 Å². The summed E-state index contributed by atoms with van der Waals surface area (Å²) in [5, 5.41) is 15.4. The Bertz CT molecular complexity index is 637. The van der Waals surface area contributed by atoms with Crippen molar-refractivity contribution < 1.29 is 9.90 Å². The summed E-state index contributed by atoms with van der Waals surface area (Å²) < 4.78 is 0.701. The largest absolute Gasteiger partial charge is 0.507 e. The fourth-order valence-corrected chi connectivity index (χ4v) is 2.51. The van der Waals surface area contributed by atoms with Gasteiger partial charge in [-0.25, -0.2) is 5.43 Å². The van der Waals surface area contributed by atoms with E-state index >= 15 is 0 Å². The van der Waals surface area contributed by atoms with Gasteiger partial charge in [-0.2, -0.15) is 5.10 Å². The summed E-state index contributed by atoms with van der Waals surface area (Å²) in [6.07, 6.45) is 1.62. The molecule has 0 fully saturated rings. The van der Waals surface area contributed by atoms with Gasteiger partial charge in [-0.1, -0.05) is 0 Å². The van der Waals surface area contributed by atoms with Gasteiger partial charge in [-0.15, -0.1) is 11.3 Å². The molecule has 1 aromatic carbocycles. The Morgan fingerprint density at radius 1 is 1.47 bits per heavy atom. The number of phenolic OH excluding ortho intramolecular Hbond substituents is 1. The van der Waals surface area contributed by atoms with Crippen molar-refractivity contribution in [2.45, 2.75) is 6.92 Å². The monoisotopic (exact) mass is 386 g/mol. The maximum Gasteiger partial charge on any atom is 0.271 e.